The summed E-state index contributed by atoms with van der Waals surface area (Å²) >= 11 is 0. The van der Waals surface area contributed by atoms with E-state index in [0.29, 0.717) is 0 Å². The van der Waals surface area contributed by atoms with Crippen LogP contribution in [0.15, 0.2) is 0 Å². The Hall–Kier alpha value is -0.0800. The van der Waals surface area contributed by atoms with Crippen LogP contribution in [0, 0.1) is 5.92 Å². The molecule has 1 aliphatic carbocycles. The molecule has 16 heavy (non-hydrogen) atoms. The normalized spacial score (nSPS) is 25.7. The minimum absolute atomic E-state index is 0.0185. The Balaban J connectivity index is 1.82. The topological polar surface area (TPSA) is 23.5 Å². The number of aliphatic hydroxyl groups is 1. The Labute approximate surface area is 100 Å². The average molecular weight is 225 g/mol. The maximum Gasteiger partial charge on any atom is 0.0718 e. The standard InChI is InChI=1S/C14H27NO/c1-14(2,15-10-4-3-5-11-15)13(16)9-8-12-6-7-12/h12-13,16H,3-11H2,1-2H3. The number of hydrogen-bond acceptors (Lipinski definition) is 2. The van der Waals surface area contributed by atoms with Crippen molar-refractivity contribution in [2.75, 3.05) is 13.1 Å². The summed E-state index contributed by atoms with van der Waals surface area (Å²) in [6.07, 6.45) is 8.86. The summed E-state index contributed by atoms with van der Waals surface area (Å²) < 4.78 is 0. The third kappa shape index (κ3) is 2.98. The molecule has 2 aliphatic rings. The Bertz CT molecular complexity index is 217. The first-order chi connectivity index (χ1) is 7.60. The van der Waals surface area contributed by atoms with Gasteiger partial charge in [-0.3, -0.25) is 4.90 Å². The van der Waals surface area contributed by atoms with Crippen LogP contribution < -0.4 is 0 Å². The van der Waals surface area contributed by atoms with E-state index in [-0.39, 0.29) is 11.6 Å². The van der Waals surface area contributed by atoms with Crippen molar-refractivity contribution >= 4 is 0 Å². The monoisotopic (exact) mass is 225 g/mol. The summed E-state index contributed by atoms with van der Waals surface area (Å²) in [5.74, 6) is 0.937. The van der Waals surface area contributed by atoms with Crippen LogP contribution in [0.3, 0.4) is 0 Å². The Morgan fingerprint density at radius 3 is 2.38 bits per heavy atom. The smallest absolute Gasteiger partial charge is 0.0718 e. The van der Waals surface area contributed by atoms with E-state index in [1.807, 2.05) is 0 Å². The van der Waals surface area contributed by atoms with Gasteiger partial charge in [-0.05, 0) is 58.5 Å². The van der Waals surface area contributed by atoms with Gasteiger partial charge in [0, 0.05) is 5.54 Å². The van der Waals surface area contributed by atoms with Crippen molar-refractivity contribution in [1.29, 1.82) is 0 Å². The highest BCUT2D eigenvalue weighted by molar-refractivity contribution is 4.91. The van der Waals surface area contributed by atoms with Crippen molar-refractivity contribution in [2.24, 2.45) is 5.92 Å². The largest absolute Gasteiger partial charge is 0.391 e. The molecule has 0 radical (unpaired) electrons. The first kappa shape index (κ1) is 12.4. The lowest BCUT2D eigenvalue weighted by Gasteiger charge is -2.44. The molecule has 0 spiro atoms. The lowest BCUT2D eigenvalue weighted by molar-refractivity contribution is -0.0245. The highest BCUT2D eigenvalue weighted by Gasteiger charge is 2.35. The molecule has 2 rings (SSSR count). The molecule has 1 saturated carbocycles. The lowest BCUT2D eigenvalue weighted by Crippen LogP contribution is -2.54. The molecule has 1 aliphatic heterocycles. The van der Waals surface area contributed by atoms with Gasteiger partial charge in [0.25, 0.3) is 0 Å². The second kappa shape index (κ2) is 5.05. The molecule has 1 unspecified atom stereocenters. The van der Waals surface area contributed by atoms with Crippen LogP contribution in [0.1, 0.15) is 58.8 Å². The molecule has 1 atom stereocenters. The van der Waals surface area contributed by atoms with Crippen LogP contribution in [0.2, 0.25) is 0 Å². The molecule has 0 aromatic rings. The van der Waals surface area contributed by atoms with Crippen molar-refractivity contribution < 1.29 is 5.11 Å². The highest BCUT2D eigenvalue weighted by atomic mass is 16.3. The molecule has 94 valence electrons. The second-order valence-corrected chi connectivity index (χ2v) is 6.24. The SMILES string of the molecule is CC(C)(C(O)CCC1CC1)N1CCCCC1. The van der Waals surface area contributed by atoms with Gasteiger partial charge in [0.2, 0.25) is 0 Å². The van der Waals surface area contributed by atoms with Crippen LogP contribution in [0.4, 0.5) is 0 Å². The fourth-order valence-electron chi connectivity index (χ4n) is 2.83. The number of rotatable bonds is 5. The van der Waals surface area contributed by atoms with Gasteiger partial charge in [-0.15, -0.1) is 0 Å². The molecule has 2 fully saturated rings. The molecule has 2 nitrogen and oxygen atoms in total. The fraction of sp³-hybridized carbons (Fsp3) is 1.00. The molecule has 0 bridgehead atoms. The van der Waals surface area contributed by atoms with Crippen molar-refractivity contribution in [3.05, 3.63) is 0 Å². The van der Waals surface area contributed by atoms with Crippen LogP contribution in [0.5, 0.6) is 0 Å². The van der Waals surface area contributed by atoms with Gasteiger partial charge >= 0.3 is 0 Å². The van der Waals surface area contributed by atoms with Crippen molar-refractivity contribution in [3.63, 3.8) is 0 Å². The zero-order valence-electron chi connectivity index (χ0n) is 10.9. The van der Waals surface area contributed by atoms with Crippen molar-refractivity contribution in [1.82, 2.24) is 4.90 Å². The van der Waals surface area contributed by atoms with Gasteiger partial charge in [0.05, 0.1) is 6.10 Å². The van der Waals surface area contributed by atoms with Gasteiger partial charge in [-0.1, -0.05) is 19.3 Å². The summed E-state index contributed by atoms with van der Waals surface area (Å²) in [5.41, 5.74) is -0.0185. The summed E-state index contributed by atoms with van der Waals surface area (Å²) in [7, 11) is 0. The first-order valence-electron chi connectivity index (χ1n) is 7.04. The number of piperidine rings is 1. The summed E-state index contributed by atoms with van der Waals surface area (Å²) in [6.45, 7) is 6.78. The third-order valence-electron chi connectivity index (χ3n) is 4.53. The first-order valence-corrected chi connectivity index (χ1v) is 7.04. The van der Waals surface area contributed by atoms with E-state index in [1.165, 1.54) is 51.6 Å². The predicted molar refractivity (Wildman–Crippen MR) is 67.5 cm³/mol. The van der Waals surface area contributed by atoms with Gasteiger partial charge in [0.15, 0.2) is 0 Å². The quantitative estimate of drug-likeness (QED) is 0.777. The van der Waals surface area contributed by atoms with Crippen LogP contribution >= 0.6 is 0 Å². The van der Waals surface area contributed by atoms with E-state index in [0.717, 1.165) is 12.3 Å². The number of aliphatic hydroxyl groups excluding tert-OH is 1. The van der Waals surface area contributed by atoms with Crippen molar-refractivity contribution in [3.8, 4) is 0 Å². The Morgan fingerprint density at radius 1 is 1.19 bits per heavy atom. The van der Waals surface area contributed by atoms with E-state index in [4.69, 9.17) is 0 Å². The maximum atomic E-state index is 10.4. The molecule has 1 heterocycles. The zero-order valence-corrected chi connectivity index (χ0v) is 10.9. The van der Waals surface area contributed by atoms with Crippen LogP contribution in [0.25, 0.3) is 0 Å². The van der Waals surface area contributed by atoms with E-state index >= 15 is 0 Å². The van der Waals surface area contributed by atoms with Gasteiger partial charge in [0.1, 0.15) is 0 Å². The molecule has 0 amide bonds. The summed E-state index contributed by atoms with van der Waals surface area (Å²) in [5, 5.41) is 10.4. The van der Waals surface area contributed by atoms with Gasteiger partial charge in [-0.25, -0.2) is 0 Å². The number of nitrogens with zero attached hydrogens (tertiary/aromatic N) is 1. The molecule has 1 N–H and O–H groups in total. The summed E-state index contributed by atoms with van der Waals surface area (Å²) in [4.78, 5) is 2.49. The summed E-state index contributed by atoms with van der Waals surface area (Å²) in [6, 6.07) is 0. The lowest BCUT2D eigenvalue weighted by atomic mass is 9.89. The molecular formula is C14H27NO. The van der Waals surface area contributed by atoms with E-state index < -0.39 is 0 Å². The zero-order chi connectivity index (χ0) is 11.6. The molecule has 0 aromatic heterocycles. The minimum atomic E-state index is -0.147. The van der Waals surface area contributed by atoms with Crippen LogP contribution in [-0.2, 0) is 0 Å². The Morgan fingerprint density at radius 2 is 1.81 bits per heavy atom. The average Bonchev–Trinajstić information content (AvgIpc) is 3.11. The van der Waals surface area contributed by atoms with Crippen LogP contribution in [-0.4, -0.2) is 34.7 Å². The molecular weight excluding hydrogens is 198 g/mol. The second-order valence-electron chi connectivity index (χ2n) is 6.24. The maximum absolute atomic E-state index is 10.4. The van der Waals surface area contributed by atoms with Crippen molar-refractivity contribution in [2.45, 2.75) is 70.4 Å². The van der Waals surface area contributed by atoms with E-state index in [2.05, 4.69) is 18.7 Å². The molecule has 0 aromatic carbocycles. The highest BCUT2D eigenvalue weighted by Crippen LogP contribution is 2.35. The van der Waals surface area contributed by atoms with E-state index in [9.17, 15) is 5.11 Å². The predicted octanol–water partition coefficient (Wildman–Crippen LogP) is 2.80. The number of likely N-dealkylation sites (tertiary alicyclic amines) is 1. The molecule has 1 saturated heterocycles. The van der Waals surface area contributed by atoms with E-state index in [1.54, 1.807) is 0 Å². The van der Waals surface area contributed by atoms with Gasteiger partial charge < -0.3 is 5.11 Å². The minimum Gasteiger partial charge on any atom is -0.391 e. The fourth-order valence-corrected chi connectivity index (χ4v) is 2.83. The third-order valence-corrected chi connectivity index (χ3v) is 4.53. The molecule has 2 heteroatoms. The van der Waals surface area contributed by atoms with Gasteiger partial charge in [-0.2, -0.15) is 0 Å². The number of hydrogen-bond donors (Lipinski definition) is 1. The Kier molecular flexibility index (Phi) is 3.91.